The largest absolute Gasteiger partial charge is 0.497 e. The third kappa shape index (κ3) is 4.59. The lowest BCUT2D eigenvalue weighted by Gasteiger charge is -2.35. The van der Waals surface area contributed by atoms with Crippen molar-refractivity contribution in [2.45, 2.75) is 6.54 Å². The Morgan fingerprint density at radius 3 is 2.18 bits per heavy atom. The highest BCUT2D eigenvalue weighted by atomic mass is 16.6. The first-order chi connectivity index (χ1) is 15.9. The third-order valence-electron chi connectivity index (χ3n) is 5.79. The Bertz CT molecular complexity index is 1190. The molecule has 2 amide bonds. The van der Waals surface area contributed by atoms with E-state index < -0.39 is 4.92 Å². The Balaban J connectivity index is 1.39. The molecule has 33 heavy (non-hydrogen) atoms. The molecule has 172 valence electrons. The van der Waals surface area contributed by atoms with Crippen molar-refractivity contribution in [1.82, 2.24) is 14.4 Å². The molecule has 1 aromatic heterocycles. The van der Waals surface area contributed by atoms with Gasteiger partial charge in [-0.1, -0.05) is 0 Å². The third-order valence-corrected chi connectivity index (χ3v) is 5.79. The number of nitro groups is 1. The van der Waals surface area contributed by atoms with E-state index in [2.05, 4.69) is 0 Å². The molecular formula is C23H24N4O6. The molecule has 4 rings (SSSR count). The first kappa shape index (κ1) is 22.1. The van der Waals surface area contributed by atoms with E-state index in [1.807, 2.05) is 0 Å². The second-order valence-electron chi connectivity index (χ2n) is 7.72. The van der Waals surface area contributed by atoms with E-state index in [1.54, 1.807) is 50.9 Å². The fourth-order valence-corrected chi connectivity index (χ4v) is 3.96. The number of amides is 2. The van der Waals surface area contributed by atoms with Gasteiger partial charge < -0.3 is 23.8 Å². The molecule has 2 aromatic carbocycles. The van der Waals surface area contributed by atoms with Gasteiger partial charge in [0.1, 0.15) is 18.0 Å². The number of carbonyl (C=O) groups excluding carboxylic acids is 2. The van der Waals surface area contributed by atoms with Gasteiger partial charge in [0.15, 0.2) is 0 Å². The lowest BCUT2D eigenvalue weighted by Crippen LogP contribution is -2.51. The smallest absolute Gasteiger partial charge is 0.270 e. The first-order valence-corrected chi connectivity index (χ1v) is 10.4. The zero-order valence-corrected chi connectivity index (χ0v) is 18.4. The van der Waals surface area contributed by atoms with E-state index in [4.69, 9.17) is 9.47 Å². The lowest BCUT2D eigenvalue weighted by molar-refractivity contribution is -0.384. The average molecular weight is 452 g/mol. The van der Waals surface area contributed by atoms with E-state index in [0.717, 1.165) is 5.52 Å². The second-order valence-corrected chi connectivity index (χ2v) is 7.72. The van der Waals surface area contributed by atoms with Gasteiger partial charge >= 0.3 is 0 Å². The van der Waals surface area contributed by atoms with Crippen molar-refractivity contribution in [1.29, 1.82) is 0 Å². The maximum absolute atomic E-state index is 13.0. The number of benzene rings is 2. The van der Waals surface area contributed by atoms with Crippen molar-refractivity contribution in [2.75, 3.05) is 40.4 Å². The number of nitro benzene ring substituents is 1. The molecule has 2 heterocycles. The van der Waals surface area contributed by atoms with Crippen molar-refractivity contribution in [3.63, 3.8) is 0 Å². The van der Waals surface area contributed by atoms with Gasteiger partial charge in [0.2, 0.25) is 5.91 Å². The number of aromatic nitrogens is 1. The fourth-order valence-electron chi connectivity index (χ4n) is 3.96. The van der Waals surface area contributed by atoms with Gasteiger partial charge in [0.05, 0.1) is 19.1 Å². The van der Waals surface area contributed by atoms with Gasteiger partial charge in [0, 0.05) is 67.0 Å². The predicted octanol–water partition coefficient (Wildman–Crippen LogP) is 2.55. The summed E-state index contributed by atoms with van der Waals surface area (Å²) in [5, 5.41) is 11.7. The molecule has 3 aromatic rings. The van der Waals surface area contributed by atoms with E-state index in [-0.39, 0.29) is 24.0 Å². The number of piperazine rings is 1. The van der Waals surface area contributed by atoms with Crippen LogP contribution in [0.15, 0.2) is 48.7 Å². The van der Waals surface area contributed by atoms with Crippen LogP contribution in [0.2, 0.25) is 0 Å². The van der Waals surface area contributed by atoms with E-state index >= 15 is 0 Å². The highest BCUT2D eigenvalue weighted by Gasteiger charge is 2.26. The molecule has 1 fully saturated rings. The summed E-state index contributed by atoms with van der Waals surface area (Å²) >= 11 is 0. The van der Waals surface area contributed by atoms with E-state index in [0.29, 0.717) is 48.6 Å². The highest BCUT2D eigenvalue weighted by molar-refractivity contribution is 5.95. The molecule has 0 bridgehead atoms. The van der Waals surface area contributed by atoms with Gasteiger partial charge in [-0.2, -0.15) is 0 Å². The molecule has 0 atom stereocenters. The number of carbonyl (C=O) groups is 2. The monoisotopic (exact) mass is 452 g/mol. The van der Waals surface area contributed by atoms with Crippen molar-refractivity contribution >= 4 is 28.4 Å². The van der Waals surface area contributed by atoms with E-state index in [1.165, 1.54) is 26.4 Å². The lowest BCUT2D eigenvalue weighted by atomic mass is 10.1. The highest BCUT2D eigenvalue weighted by Crippen LogP contribution is 2.24. The Kier molecular flexibility index (Phi) is 6.16. The second kappa shape index (κ2) is 9.19. The van der Waals surface area contributed by atoms with Crippen LogP contribution in [0.3, 0.4) is 0 Å². The van der Waals surface area contributed by atoms with Crippen LogP contribution in [0.25, 0.3) is 10.9 Å². The number of rotatable bonds is 6. The Labute approximate surface area is 190 Å². The number of non-ortho nitro benzene ring substituents is 1. The minimum Gasteiger partial charge on any atom is -0.497 e. The maximum Gasteiger partial charge on any atom is 0.270 e. The molecule has 1 aliphatic rings. The summed E-state index contributed by atoms with van der Waals surface area (Å²) in [5.41, 5.74) is 1.25. The molecule has 0 unspecified atom stereocenters. The van der Waals surface area contributed by atoms with Crippen molar-refractivity contribution in [2.24, 2.45) is 0 Å². The number of hydrogen-bond donors (Lipinski definition) is 0. The van der Waals surface area contributed by atoms with Crippen LogP contribution in [0.1, 0.15) is 10.4 Å². The summed E-state index contributed by atoms with van der Waals surface area (Å²) in [4.78, 5) is 39.8. The van der Waals surface area contributed by atoms with Crippen LogP contribution in [-0.4, -0.2) is 71.5 Å². The van der Waals surface area contributed by atoms with Gasteiger partial charge in [-0.15, -0.1) is 0 Å². The SMILES string of the molecule is COc1cc(OC)cc(C(=O)N2CCN(C(=O)Cn3ccc4cc([N+](=O)[O-])ccc43)CC2)c1. The normalized spacial score (nSPS) is 13.8. The molecule has 0 saturated carbocycles. The number of methoxy groups -OCH3 is 2. The van der Waals surface area contributed by atoms with Crippen LogP contribution in [0, 0.1) is 10.1 Å². The molecule has 10 heteroatoms. The van der Waals surface area contributed by atoms with Crippen LogP contribution in [0.5, 0.6) is 11.5 Å². The standard InChI is InChI=1S/C23H24N4O6/c1-32-19-12-17(13-20(14-19)33-2)23(29)25-9-7-24(8-10-25)22(28)15-26-6-5-16-11-18(27(30)31)3-4-21(16)26/h3-6,11-14H,7-10,15H2,1-2H3. The Morgan fingerprint density at radius 1 is 0.939 bits per heavy atom. The van der Waals surface area contributed by atoms with Crippen LogP contribution < -0.4 is 9.47 Å². The van der Waals surface area contributed by atoms with Crippen LogP contribution >= 0.6 is 0 Å². The molecule has 0 N–H and O–H groups in total. The van der Waals surface area contributed by atoms with Gasteiger partial charge in [-0.05, 0) is 24.3 Å². The van der Waals surface area contributed by atoms with Crippen molar-refractivity contribution < 1.29 is 24.0 Å². The Hall–Kier alpha value is -4.08. The quantitative estimate of drug-likeness (QED) is 0.420. The zero-order chi connectivity index (χ0) is 23.5. The predicted molar refractivity (Wildman–Crippen MR) is 121 cm³/mol. The van der Waals surface area contributed by atoms with Gasteiger partial charge in [0.25, 0.3) is 11.6 Å². The number of fused-ring (bicyclic) bond motifs is 1. The molecule has 1 aliphatic heterocycles. The molecular weight excluding hydrogens is 428 g/mol. The van der Waals surface area contributed by atoms with Crippen LogP contribution in [-0.2, 0) is 11.3 Å². The van der Waals surface area contributed by atoms with Crippen LogP contribution in [0.4, 0.5) is 5.69 Å². The van der Waals surface area contributed by atoms with Gasteiger partial charge in [-0.25, -0.2) is 0 Å². The number of ether oxygens (including phenoxy) is 2. The molecule has 1 saturated heterocycles. The summed E-state index contributed by atoms with van der Waals surface area (Å²) in [6.07, 6.45) is 1.75. The average Bonchev–Trinajstić information content (AvgIpc) is 3.25. The topological polar surface area (TPSA) is 107 Å². The maximum atomic E-state index is 13.0. The number of nitrogens with zero attached hydrogens (tertiary/aromatic N) is 4. The van der Waals surface area contributed by atoms with E-state index in [9.17, 15) is 19.7 Å². The zero-order valence-electron chi connectivity index (χ0n) is 18.4. The molecule has 0 radical (unpaired) electrons. The molecule has 0 spiro atoms. The number of hydrogen-bond acceptors (Lipinski definition) is 6. The summed E-state index contributed by atoms with van der Waals surface area (Å²) in [6.45, 7) is 1.82. The Morgan fingerprint density at radius 2 is 1.58 bits per heavy atom. The molecule has 10 nitrogen and oxygen atoms in total. The fraction of sp³-hybridized carbons (Fsp3) is 0.304. The summed E-state index contributed by atoms with van der Waals surface area (Å²) < 4.78 is 12.3. The minimum absolute atomic E-state index is 0.0148. The van der Waals surface area contributed by atoms with Crippen molar-refractivity contribution in [3.8, 4) is 11.5 Å². The van der Waals surface area contributed by atoms with Gasteiger partial charge in [-0.3, -0.25) is 19.7 Å². The van der Waals surface area contributed by atoms with Crippen molar-refractivity contribution in [3.05, 3.63) is 64.3 Å². The minimum atomic E-state index is -0.440. The first-order valence-electron chi connectivity index (χ1n) is 10.4. The summed E-state index contributed by atoms with van der Waals surface area (Å²) in [5.74, 6) is 0.866. The summed E-state index contributed by atoms with van der Waals surface area (Å²) in [6, 6.07) is 11.4. The molecule has 0 aliphatic carbocycles. The summed E-state index contributed by atoms with van der Waals surface area (Å²) in [7, 11) is 3.06.